The number of hydrogen-bond donors (Lipinski definition) is 0. The quantitative estimate of drug-likeness (QED) is 0.823. The SMILES string of the molecule is CN(C(=O)OCc1ccccc1)C1CC2C[C@H](C1)N2C(=O)OC(C)(C)C. The number of amides is 2. The zero-order valence-corrected chi connectivity index (χ0v) is 16.0. The van der Waals surface area contributed by atoms with Crippen molar-refractivity contribution in [2.45, 2.75) is 70.4 Å². The fourth-order valence-corrected chi connectivity index (χ4v) is 3.74. The Bertz CT molecular complexity index is 644. The first-order valence-corrected chi connectivity index (χ1v) is 9.19. The lowest BCUT2D eigenvalue weighted by Gasteiger charge is -2.55. The summed E-state index contributed by atoms with van der Waals surface area (Å²) >= 11 is 0. The molecule has 142 valence electrons. The van der Waals surface area contributed by atoms with Gasteiger partial charge < -0.3 is 19.3 Å². The van der Waals surface area contributed by atoms with Crippen molar-refractivity contribution in [1.82, 2.24) is 9.80 Å². The molecular weight excluding hydrogens is 332 g/mol. The van der Waals surface area contributed by atoms with Gasteiger partial charge in [0.05, 0.1) is 0 Å². The first-order chi connectivity index (χ1) is 12.2. The highest BCUT2D eigenvalue weighted by molar-refractivity contribution is 5.71. The van der Waals surface area contributed by atoms with Crippen LogP contribution in [-0.4, -0.2) is 52.8 Å². The summed E-state index contributed by atoms with van der Waals surface area (Å²) in [7, 11) is 1.78. The molecule has 0 radical (unpaired) electrons. The summed E-state index contributed by atoms with van der Waals surface area (Å²) in [6.07, 6.45) is 1.97. The van der Waals surface area contributed by atoms with Crippen LogP contribution in [0.5, 0.6) is 0 Å². The van der Waals surface area contributed by atoms with Gasteiger partial charge in [0.15, 0.2) is 0 Å². The minimum atomic E-state index is -0.488. The van der Waals surface area contributed by atoms with Crippen molar-refractivity contribution in [3.8, 4) is 0 Å². The Morgan fingerprint density at radius 2 is 1.73 bits per heavy atom. The number of fused-ring (bicyclic) bond motifs is 2. The predicted octanol–water partition coefficient (Wildman–Crippen LogP) is 3.80. The van der Waals surface area contributed by atoms with E-state index < -0.39 is 5.60 Å². The van der Waals surface area contributed by atoms with Gasteiger partial charge in [-0.05, 0) is 45.6 Å². The second-order valence-corrected chi connectivity index (χ2v) is 8.21. The van der Waals surface area contributed by atoms with E-state index >= 15 is 0 Å². The molecule has 6 heteroatoms. The van der Waals surface area contributed by atoms with Gasteiger partial charge in [0.2, 0.25) is 0 Å². The first-order valence-electron chi connectivity index (χ1n) is 9.19. The van der Waals surface area contributed by atoms with Crippen LogP contribution in [0.3, 0.4) is 0 Å². The highest BCUT2D eigenvalue weighted by Crippen LogP contribution is 2.40. The van der Waals surface area contributed by atoms with Crippen molar-refractivity contribution < 1.29 is 19.1 Å². The second-order valence-electron chi connectivity index (χ2n) is 8.21. The van der Waals surface area contributed by atoms with Gasteiger partial charge in [-0.1, -0.05) is 30.3 Å². The molecule has 2 aliphatic heterocycles. The molecule has 6 nitrogen and oxygen atoms in total. The maximum absolute atomic E-state index is 12.3. The molecule has 2 amide bonds. The maximum Gasteiger partial charge on any atom is 0.410 e. The summed E-state index contributed by atoms with van der Waals surface area (Å²) < 4.78 is 10.9. The summed E-state index contributed by atoms with van der Waals surface area (Å²) in [6.45, 7) is 5.90. The molecule has 4 rings (SSSR count). The molecule has 2 heterocycles. The first kappa shape index (κ1) is 18.5. The van der Waals surface area contributed by atoms with Crippen LogP contribution in [0.4, 0.5) is 9.59 Å². The molecule has 1 aliphatic carbocycles. The van der Waals surface area contributed by atoms with Gasteiger partial charge in [-0.2, -0.15) is 0 Å². The van der Waals surface area contributed by atoms with Crippen molar-refractivity contribution in [2.75, 3.05) is 7.05 Å². The summed E-state index contributed by atoms with van der Waals surface area (Å²) in [6, 6.07) is 10.0. The van der Waals surface area contributed by atoms with Crippen molar-refractivity contribution in [1.29, 1.82) is 0 Å². The third kappa shape index (κ3) is 4.11. The van der Waals surface area contributed by atoms with Crippen LogP contribution in [0.1, 0.15) is 45.6 Å². The number of rotatable bonds is 3. The molecular formula is C20H28N2O4. The Balaban J connectivity index is 1.50. The number of hydrogen-bond acceptors (Lipinski definition) is 4. The Morgan fingerprint density at radius 1 is 1.12 bits per heavy atom. The lowest BCUT2D eigenvalue weighted by molar-refractivity contribution is -0.0698. The monoisotopic (exact) mass is 360 g/mol. The van der Waals surface area contributed by atoms with E-state index in [0.29, 0.717) is 0 Å². The number of ether oxygens (including phenoxy) is 2. The Labute approximate surface area is 155 Å². The third-order valence-electron chi connectivity index (χ3n) is 5.06. The van der Waals surface area contributed by atoms with E-state index in [9.17, 15) is 9.59 Å². The van der Waals surface area contributed by atoms with Crippen LogP contribution in [0.15, 0.2) is 30.3 Å². The normalized spacial score (nSPS) is 24.5. The van der Waals surface area contributed by atoms with Gasteiger partial charge >= 0.3 is 12.2 Å². The number of benzene rings is 1. The fraction of sp³-hybridized carbons (Fsp3) is 0.600. The third-order valence-corrected chi connectivity index (χ3v) is 5.06. The molecule has 3 aliphatic rings. The van der Waals surface area contributed by atoms with Gasteiger partial charge in [-0.3, -0.25) is 0 Å². The summed E-state index contributed by atoms with van der Waals surface area (Å²) in [5, 5.41) is 0. The molecule has 0 aromatic heterocycles. The zero-order chi connectivity index (χ0) is 18.9. The maximum atomic E-state index is 12.3. The minimum absolute atomic E-state index is 0.0979. The van der Waals surface area contributed by atoms with Crippen LogP contribution >= 0.6 is 0 Å². The number of carbonyl (C=O) groups is 2. The smallest absolute Gasteiger partial charge is 0.410 e. The van der Waals surface area contributed by atoms with Crippen LogP contribution in [0.2, 0.25) is 0 Å². The predicted molar refractivity (Wildman–Crippen MR) is 97.7 cm³/mol. The number of carbonyl (C=O) groups excluding carboxylic acids is 2. The van der Waals surface area contributed by atoms with Crippen molar-refractivity contribution in [3.05, 3.63) is 35.9 Å². The average Bonchev–Trinajstić information content (AvgIpc) is 2.58. The molecule has 2 unspecified atom stereocenters. The number of nitrogens with zero attached hydrogens (tertiary/aromatic N) is 2. The van der Waals surface area contributed by atoms with Crippen LogP contribution < -0.4 is 0 Å². The molecule has 26 heavy (non-hydrogen) atoms. The lowest BCUT2D eigenvalue weighted by atomic mass is 9.77. The average molecular weight is 360 g/mol. The summed E-state index contributed by atoms with van der Waals surface area (Å²) in [5.74, 6) is 0. The van der Waals surface area contributed by atoms with E-state index in [-0.39, 0.29) is 36.9 Å². The largest absolute Gasteiger partial charge is 0.445 e. The molecule has 0 N–H and O–H groups in total. The van der Waals surface area contributed by atoms with Crippen LogP contribution in [-0.2, 0) is 16.1 Å². The second kappa shape index (κ2) is 7.17. The van der Waals surface area contributed by atoms with Crippen LogP contribution in [0.25, 0.3) is 0 Å². The van der Waals surface area contributed by atoms with Gasteiger partial charge in [0, 0.05) is 25.2 Å². The van der Waals surface area contributed by atoms with E-state index in [1.165, 1.54) is 0 Å². The molecule has 1 aromatic rings. The Morgan fingerprint density at radius 3 is 2.31 bits per heavy atom. The van der Waals surface area contributed by atoms with Crippen molar-refractivity contribution in [3.63, 3.8) is 0 Å². The summed E-state index contributed by atoms with van der Waals surface area (Å²) in [5.41, 5.74) is 0.482. The summed E-state index contributed by atoms with van der Waals surface area (Å²) in [4.78, 5) is 28.2. The molecule has 0 spiro atoms. The van der Waals surface area contributed by atoms with Crippen molar-refractivity contribution in [2.24, 2.45) is 0 Å². The Kier molecular flexibility index (Phi) is 5.12. The molecule has 1 aromatic carbocycles. The number of piperidine rings is 1. The molecule has 3 fully saturated rings. The van der Waals surface area contributed by atoms with Gasteiger partial charge in [0.25, 0.3) is 0 Å². The standard InChI is InChI=1S/C20H28N2O4/c1-20(2,3)26-19(24)22-16-10-15(11-17(22)12-16)21(4)18(23)25-13-14-8-6-5-7-9-14/h5-9,15-17H,10-13H2,1-4H3/t15?,16-,17?/m0/s1. The van der Waals surface area contributed by atoms with E-state index in [4.69, 9.17) is 9.47 Å². The zero-order valence-electron chi connectivity index (χ0n) is 16.0. The van der Waals surface area contributed by atoms with E-state index in [1.54, 1.807) is 11.9 Å². The molecule has 3 atom stereocenters. The Hall–Kier alpha value is -2.24. The molecule has 2 saturated heterocycles. The van der Waals surface area contributed by atoms with Gasteiger partial charge in [-0.25, -0.2) is 9.59 Å². The molecule has 1 saturated carbocycles. The van der Waals surface area contributed by atoms with Gasteiger partial charge in [-0.15, -0.1) is 0 Å². The van der Waals surface area contributed by atoms with Crippen molar-refractivity contribution >= 4 is 12.2 Å². The lowest BCUT2D eigenvalue weighted by Crippen LogP contribution is -2.66. The highest BCUT2D eigenvalue weighted by Gasteiger charge is 2.50. The van der Waals surface area contributed by atoms with E-state index in [0.717, 1.165) is 24.8 Å². The molecule has 2 bridgehead atoms. The highest BCUT2D eigenvalue weighted by atomic mass is 16.6. The van der Waals surface area contributed by atoms with E-state index in [1.807, 2.05) is 56.0 Å². The fourth-order valence-electron chi connectivity index (χ4n) is 3.74. The van der Waals surface area contributed by atoms with Crippen LogP contribution in [0, 0.1) is 0 Å². The van der Waals surface area contributed by atoms with Gasteiger partial charge in [0.1, 0.15) is 12.2 Å². The van der Waals surface area contributed by atoms with E-state index in [2.05, 4.69) is 0 Å². The topological polar surface area (TPSA) is 59.1 Å². The minimum Gasteiger partial charge on any atom is -0.445 e.